The summed E-state index contributed by atoms with van der Waals surface area (Å²) in [7, 11) is 0. The van der Waals surface area contributed by atoms with Crippen LogP contribution >= 0.6 is 0 Å². The van der Waals surface area contributed by atoms with Crippen molar-refractivity contribution in [2.24, 2.45) is 0 Å². The topological polar surface area (TPSA) is 54.0 Å². The highest BCUT2D eigenvalue weighted by Crippen LogP contribution is 2.08. The Morgan fingerprint density at radius 2 is 0.867 bits per heavy atom. The minimum absolute atomic E-state index is 0.112. The van der Waals surface area contributed by atoms with Crippen LogP contribution in [0.5, 0.6) is 0 Å². The van der Waals surface area contributed by atoms with Gasteiger partial charge in [-0.05, 0) is 12.8 Å². The van der Waals surface area contributed by atoms with Crippen LogP contribution in [-0.2, 0) is 23.7 Å². The molecule has 0 spiro atoms. The number of hydrogen-bond acceptors (Lipinski definition) is 5. The minimum Gasteiger partial charge on any atom is -0.463 e. The lowest BCUT2D eigenvalue weighted by molar-refractivity contribution is -0.145. The molecule has 0 amide bonds. The van der Waals surface area contributed by atoms with E-state index in [4.69, 9.17) is 18.9 Å². The molecule has 0 aliphatic carbocycles. The lowest BCUT2D eigenvalue weighted by Crippen LogP contribution is -2.14. The highest BCUT2D eigenvalue weighted by atomic mass is 16.6. The van der Waals surface area contributed by atoms with E-state index in [0.29, 0.717) is 46.1 Å². The van der Waals surface area contributed by atoms with Gasteiger partial charge >= 0.3 is 5.97 Å². The molecule has 0 radical (unpaired) electrons. The smallest absolute Gasteiger partial charge is 0.305 e. The third-order valence-electron chi connectivity index (χ3n) is 5.11. The summed E-state index contributed by atoms with van der Waals surface area (Å²) >= 11 is 0. The first kappa shape index (κ1) is 29.4. The normalized spacial score (nSPS) is 11.1. The van der Waals surface area contributed by atoms with Crippen molar-refractivity contribution in [2.45, 2.75) is 110 Å². The Morgan fingerprint density at radius 1 is 0.467 bits per heavy atom. The van der Waals surface area contributed by atoms with Crippen LogP contribution in [0.25, 0.3) is 0 Å². The number of esters is 1. The molecule has 0 aliphatic rings. The first-order valence-corrected chi connectivity index (χ1v) is 12.7. The van der Waals surface area contributed by atoms with Crippen molar-refractivity contribution in [1.29, 1.82) is 0 Å². The predicted octanol–water partition coefficient (Wildman–Crippen LogP) is 6.47. The summed E-state index contributed by atoms with van der Waals surface area (Å²) in [4.78, 5) is 11.6. The average Bonchev–Trinajstić information content (AvgIpc) is 2.75. The summed E-state index contributed by atoms with van der Waals surface area (Å²) in [5.74, 6) is -0.112. The van der Waals surface area contributed by atoms with Crippen LogP contribution < -0.4 is 0 Å². The molecule has 5 nitrogen and oxygen atoms in total. The summed E-state index contributed by atoms with van der Waals surface area (Å²) in [6.45, 7) is 8.38. The standard InChI is InChI=1S/C25H50O5/c1-3-5-7-9-11-12-14-16-18-27-19-20-28-21-22-29-23-24-30-25(26)17-15-13-10-8-6-4-2/h3-24H2,1-2H3. The van der Waals surface area contributed by atoms with Crippen molar-refractivity contribution in [2.75, 3.05) is 46.2 Å². The lowest BCUT2D eigenvalue weighted by Gasteiger charge is -2.08. The van der Waals surface area contributed by atoms with Gasteiger partial charge in [-0.3, -0.25) is 4.79 Å². The number of carbonyl (C=O) groups is 1. The second-order valence-electron chi connectivity index (χ2n) is 8.05. The van der Waals surface area contributed by atoms with Crippen molar-refractivity contribution in [3.05, 3.63) is 0 Å². The summed E-state index contributed by atoms with van der Waals surface area (Å²) < 4.78 is 21.7. The molecule has 0 rings (SSSR count). The fraction of sp³-hybridized carbons (Fsp3) is 0.960. The van der Waals surface area contributed by atoms with Gasteiger partial charge in [-0.1, -0.05) is 90.9 Å². The van der Waals surface area contributed by atoms with Crippen LogP contribution in [0.3, 0.4) is 0 Å². The molecule has 0 saturated heterocycles. The molecular formula is C25H50O5. The van der Waals surface area contributed by atoms with Gasteiger partial charge in [0.2, 0.25) is 0 Å². The van der Waals surface area contributed by atoms with Gasteiger partial charge in [0.05, 0.1) is 33.0 Å². The summed E-state index contributed by atoms with van der Waals surface area (Å²) in [6, 6.07) is 0. The number of hydrogen-bond donors (Lipinski definition) is 0. The van der Waals surface area contributed by atoms with Gasteiger partial charge in [-0.2, -0.15) is 0 Å². The zero-order valence-corrected chi connectivity index (χ0v) is 20.1. The Hall–Kier alpha value is -0.650. The molecule has 30 heavy (non-hydrogen) atoms. The molecule has 0 saturated carbocycles. The molecule has 0 aromatic carbocycles. The van der Waals surface area contributed by atoms with E-state index >= 15 is 0 Å². The minimum atomic E-state index is -0.112. The predicted molar refractivity (Wildman–Crippen MR) is 124 cm³/mol. The van der Waals surface area contributed by atoms with Crippen LogP contribution in [0.1, 0.15) is 110 Å². The number of ether oxygens (including phenoxy) is 4. The molecule has 0 atom stereocenters. The zero-order chi connectivity index (χ0) is 22.0. The molecule has 0 heterocycles. The second-order valence-corrected chi connectivity index (χ2v) is 8.05. The maximum absolute atomic E-state index is 11.6. The summed E-state index contributed by atoms with van der Waals surface area (Å²) in [5.41, 5.74) is 0. The van der Waals surface area contributed by atoms with Gasteiger partial charge in [0.1, 0.15) is 6.61 Å². The number of unbranched alkanes of at least 4 members (excludes halogenated alkanes) is 12. The Labute approximate surface area is 186 Å². The van der Waals surface area contributed by atoms with Crippen LogP contribution in [0, 0.1) is 0 Å². The van der Waals surface area contributed by atoms with Gasteiger partial charge < -0.3 is 18.9 Å². The monoisotopic (exact) mass is 430 g/mol. The molecule has 0 unspecified atom stereocenters. The van der Waals surface area contributed by atoms with E-state index in [1.165, 1.54) is 70.6 Å². The lowest BCUT2D eigenvalue weighted by atomic mass is 10.1. The molecule has 0 aromatic heterocycles. The van der Waals surface area contributed by atoms with Crippen molar-refractivity contribution in [3.8, 4) is 0 Å². The first-order chi connectivity index (χ1) is 14.8. The van der Waals surface area contributed by atoms with E-state index < -0.39 is 0 Å². The van der Waals surface area contributed by atoms with E-state index in [-0.39, 0.29) is 5.97 Å². The Kier molecular flexibility index (Phi) is 25.8. The van der Waals surface area contributed by atoms with Crippen molar-refractivity contribution in [3.63, 3.8) is 0 Å². The number of carbonyl (C=O) groups excluding carboxylic acids is 1. The van der Waals surface area contributed by atoms with E-state index in [2.05, 4.69) is 13.8 Å². The highest BCUT2D eigenvalue weighted by molar-refractivity contribution is 5.69. The highest BCUT2D eigenvalue weighted by Gasteiger charge is 2.02. The van der Waals surface area contributed by atoms with E-state index in [1.807, 2.05) is 0 Å². The van der Waals surface area contributed by atoms with Crippen LogP contribution in [-0.4, -0.2) is 52.2 Å². The van der Waals surface area contributed by atoms with E-state index in [1.54, 1.807) is 0 Å². The maximum Gasteiger partial charge on any atom is 0.305 e. The molecule has 0 aliphatic heterocycles. The van der Waals surface area contributed by atoms with Gasteiger partial charge in [0.25, 0.3) is 0 Å². The van der Waals surface area contributed by atoms with Gasteiger partial charge in [0, 0.05) is 13.0 Å². The molecule has 0 bridgehead atoms. The molecular weight excluding hydrogens is 380 g/mol. The van der Waals surface area contributed by atoms with E-state index in [0.717, 1.165) is 25.9 Å². The molecule has 180 valence electrons. The second kappa shape index (κ2) is 26.4. The third kappa shape index (κ3) is 25.4. The van der Waals surface area contributed by atoms with Crippen LogP contribution in [0.2, 0.25) is 0 Å². The van der Waals surface area contributed by atoms with Crippen LogP contribution in [0.4, 0.5) is 0 Å². The van der Waals surface area contributed by atoms with Crippen LogP contribution in [0.15, 0.2) is 0 Å². The summed E-state index contributed by atoms with van der Waals surface area (Å²) in [6.07, 6.45) is 18.2. The maximum atomic E-state index is 11.6. The number of rotatable bonds is 25. The fourth-order valence-electron chi connectivity index (χ4n) is 3.22. The zero-order valence-electron chi connectivity index (χ0n) is 20.1. The quantitative estimate of drug-likeness (QED) is 0.123. The van der Waals surface area contributed by atoms with Gasteiger partial charge in [-0.25, -0.2) is 0 Å². The largest absolute Gasteiger partial charge is 0.463 e. The molecule has 0 aromatic rings. The Bertz CT molecular complexity index is 336. The van der Waals surface area contributed by atoms with Gasteiger partial charge in [0.15, 0.2) is 0 Å². The molecule has 0 fully saturated rings. The average molecular weight is 431 g/mol. The summed E-state index contributed by atoms with van der Waals surface area (Å²) in [5, 5.41) is 0. The van der Waals surface area contributed by atoms with E-state index in [9.17, 15) is 4.79 Å². The molecule has 0 N–H and O–H groups in total. The fourth-order valence-corrected chi connectivity index (χ4v) is 3.22. The first-order valence-electron chi connectivity index (χ1n) is 12.7. The van der Waals surface area contributed by atoms with Crippen molar-refractivity contribution >= 4 is 5.97 Å². The van der Waals surface area contributed by atoms with Crippen molar-refractivity contribution < 1.29 is 23.7 Å². The third-order valence-corrected chi connectivity index (χ3v) is 5.11. The van der Waals surface area contributed by atoms with Gasteiger partial charge in [-0.15, -0.1) is 0 Å². The van der Waals surface area contributed by atoms with Crippen molar-refractivity contribution in [1.82, 2.24) is 0 Å². The molecule has 5 heteroatoms. The Balaban J connectivity index is 3.10. The Morgan fingerprint density at radius 3 is 1.40 bits per heavy atom. The SMILES string of the molecule is CCCCCCCCCCOCCOCCOCCOC(=O)CCCCCCCC.